The summed E-state index contributed by atoms with van der Waals surface area (Å²) in [4.78, 5) is 36.5. The highest BCUT2D eigenvalue weighted by Gasteiger charge is 2.28. The van der Waals surface area contributed by atoms with Gasteiger partial charge in [0.05, 0.1) is 0 Å². The van der Waals surface area contributed by atoms with Crippen molar-refractivity contribution in [3.63, 3.8) is 0 Å². The van der Waals surface area contributed by atoms with Gasteiger partial charge in [0.1, 0.15) is 6.20 Å². The van der Waals surface area contributed by atoms with Crippen LogP contribution in [0, 0.1) is 20.2 Å². The zero-order valence-electron chi connectivity index (χ0n) is 8.51. The van der Waals surface area contributed by atoms with Crippen LogP contribution in [0.5, 0.6) is 0 Å². The lowest BCUT2D eigenvalue weighted by molar-refractivity contribution is -0.403. The quantitative estimate of drug-likeness (QED) is 0.251. The Labute approximate surface area is 97.6 Å². The van der Waals surface area contributed by atoms with E-state index >= 15 is 0 Å². The van der Waals surface area contributed by atoms with E-state index in [1.807, 2.05) is 0 Å². The molecule has 1 rings (SSSR count). The van der Waals surface area contributed by atoms with Crippen molar-refractivity contribution in [3.05, 3.63) is 26.4 Å². The largest absolute Gasteiger partial charge is 0.413 e. The summed E-state index contributed by atoms with van der Waals surface area (Å²) in [5.74, 6) is 7.36. The van der Waals surface area contributed by atoms with Crippen LogP contribution in [0.2, 0.25) is 0 Å². The van der Waals surface area contributed by atoms with Crippen molar-refractivity contribution < 1.29 is 14.6 Å². The van der Waals surface area contributed by atoms with Gasteiger partial charge in [-0.1, -0.05) is 0 Å². The molecule has 2 amide bonds. The Morgan fingerprint density at radius 1 is 1.39 bits per heavy atom. The van der Waals surface area contributed by atoms with Gasteiger partial charge in [0.2, 0.25) is 0 Å². The van der Waals surface area contributed by atoms with Crippen molar-refractivity contribution in [2.75, 3.05) is 5.01 Å². The van der Waals surface area contributed by atoms with Gasteiger partial charge < -0.3 is 20.2 Å². The topological polar surface area (TPSA) is 196 Å². The van der Waals surface area contributed by atoms with Crippen LogP contribution in [0.25, 0.3) is 0 Å². The van der Waals surface area contributed by atoms with Gasteiger partial charge in [0.25, 0.3) is 5.82 Å². The highest BCUT2D eigenvalue weighted by molar-refractivity contribution is 5.90. The fourth-order valence-electron chi connectivity index (χ4n) is 0.910. The number of hydrazine groups is 2. The molecule has 0 aliphatic carbocycles. The normalized spacial score (nSPS) is 9.67. The first kappa shape index (κ1) is 13.1. The maximum absolute atomic E-state index is 11.0. The van der Waals surface area contributed by atoms with Crippen molar-refractivity contribution in [1.82, 2.24) is 15.4 Å². The number of nitrogens with two attached hydrogens (primary N) is 2. The third-order valence-electron chi connectivity index (χ3n) is 1.65. The van der Waals surface area contributed by atoms with E-state index in [2.05, 4.69) is 9.97 Å². The first-order valence-electron chi connectivity index (χ1n) is 4.09. The number of amides is 2. The molecule has 0 aliphatic heterocycles. The molecule has 0 spiro atoms. The molecule has 0 aromatic carbocycles. The number of hydrogen-bond acceptors (Lipinski definition) is 9. The van der Waals surface area contributed by atoms with E-state index in [-0.39, 0.29) is 5.01 Å². The lowest BCUT2D eigenvalue weighted by atomic mass is 10.5. The second kappa shape index (κ2) is 4.93. The highest BCUT2D eigenvalue weighted by atomic mass is 16.6. The second-order valence-electron chi connectivity index (χ2n) is 2.71. The van der Waals surface area contributed by atoms with Crippen LogP contribution < -0.4 is 22.1 Å². The van der Waals surface area contributed by atoms with E-state index in [1.54, 1.807) is 5.43 Å². The zero-order valence-corrected chi connectivity index (χ0v) is 8.51. The number of rotatable bonds is 3. The van der Waals surface area contributed by atoms with Crippen LogP contribution in [0.3, 0.4) is 0 Å². The Morgan fingerprint density at radius 3 is 2.44 bits per heavy atom. The zero-order chi connectivity index (χ0) is 13.9. The number of nitro groups is 2. The summed E-state index contributed by atoms with van der Waals surface area (Å²) < 4.78 is 0. The summed E-state index contributed by atoms with van der Waals surface area (Å²) in [7, 11) is 0. The van der Waals surface area contributed by atoms with E-state index in [0.717, 1.165) is 0 Å². The monoisotopic (exact) mass is 258 g/mol. The van der Waals surface area contributed by atoms with E-state index in [0.29, 0.717) is 6.20 Å². The number of anilines is 1. The molecule has 96 valence electrons. The molecular weight excluding hydrogens is 252 g/mol. The molecule has 0 fully saturated rings. The van der Waals surface area contributed by atoms with Crippen LogP contribution in [0.15, 0.2) is 6.20 Å². The molecule has 13 heteroatoms. The molecule has 1 heterocycles. The molecule has 18 heavy (non-hydrogen) atoms. The first-order chi connectivity index (χ1) is 8.38. The fraction of sp³-hybridized carbons (Fsp3) is 0. The molecule has 0 radical (unpaired) electrons. The maximum Gasteiger partial charge on any atom is 0.413 e. The molecule has 0 aliphatic rings. The Bertz CT molecular complexity index is 517. The third-order valence-corrected chi connectivity index (χ3v) is 1.65. The van der Waals surface area contributed by atoms with Crippen molar-refractivity contribution in [1.29, 1.82) is 0 Å². The highest BCUT2D eigenvalue weighted by Crippen LogP contribution is 2.23. The Morgan fingerprint density at radius 2 is 2.00 bits per heavy atom. The molecule has 1 aromatic heterocycles. The predicted octanol–water partition coefficient (Wildman–Crippen LogP) is -1.44. The maximum atomic E-state index is 11.0. The lowest BCUT2D eigenvalue weighted by Crippen LogP contribution is -2.48. The Balaban J connectivity index is 3.32. The summed E-state index contributed by atoms with van der Waals surface area (Å²) in [6, 6.07) is -1.11. The molecular formula is C5H6N8O5. The number of nitrogens with one attached hydrogen (secondary N) is 1. The number of carbonyl (C=O) groups is 1. The minimum Gasteiger partial charge on any atom is -0.358 e. The summed E-state index contributed by atoms with van der Waals surface area (Å²) in [5, 5.41) is 21.2. The average molecular weight is 258 g/mol. The number of aromatic nitrogens is 2. The first-order valence-corrected chi connectivity index (χ1v) is 4.09. The van der Waals surface area contributed by atoms with Gasteiger partial charge in [-0.25, -0.2) is 26.5 Å². The number of nitrogens with zero attached hydrogens (tertiary/aromatic N) is 5. The van der Waals surface area contributed by atoms with Crippen molar-refractivity contribution in [3.8, 4) is 0 Å². The summed E-state index contributed by atoms with van der Waals surface area (Å²) >= 11 is 0. The van der Waals surface area contributed by atoms with Crippen molar-refractivity contribution in [2.24, 2.45) is 11.7 Å². The van der Waals surface area contributed by atoms with Gasteiger partial charge in [0.15, 0.2) is 0 Å². The van der Waals surface area contributed by atoms with E-state index in [9.17, 15) is 25.0 Å². The van der Waals surface area contributed by atoms with Crippen LogP contribution in [0.1, 0.15) is 0 Å². The minimum absolute atomic E-state index is 0.203. The van der Waals surface area contributed by atoms with Crippen LogP contribution in [-0.4, -0.2) is 25.8 Å². The number of urea groups is 1. The summed E-state index contributed by atoms with van der Waals surface area (Å²) in [6.45, 7) is 0. The summed E-state index contributed by atoms with van der Waals surface area (Å²) in [5.41, 5.74) is 1.60. The van der Waals surface area contributed by atoms with Crippen LogP contribution >= 0.6 is 0 Å². The number of carbonyl (C=O) groups excluding carboxylic acids is 1. The Kier molecular flexibility index (Phi) is 3.60. The standard InChI is InChI=1S/C5H6N8O5/c6-10-5(14)11(7)3-4(13(17)18)9-2(1-8-3)12(15)16/h1H,6-7H2,(H,10,14). The molecule has 0 unspecified atom stereocenters. The molecule has 0 saturated carbocycles. The molecule has 0 atom stereocenters. The number of hydrogen-bond donors (Lipinski definition) is 3. The van der Waals surface area contributed by atoms with Gasteiger partial charge in [-0.15, -0.1) is 0 Å². The van der Waals surface area contributed by atoms with Gasteiger partial charge in [-0.2, -0.15) is 0 Å². The van der Waals surface area contributed by atoms with E-state index in [1.165, 1.54) is 0 Å². The Hall–Kier alpha value is -2.93. The second-order valence-corrected chi connectivity index (χ2v) is 2.71. The third kappa shape index (κ3) is 2.42. The van der Waals surface area contributed by atoms with Crippen LogP contribution in [0.4, 0.5) is 22.2 Å². The molecule has 5 N–H and O–H groups in total. The van der Waals surface area contributed by atoms with Gasteiger partial charge in [-0.3, -0.25) is 5.43 Å². The summed E-state index contributed by atoms with van der Waals surface area (Å²) in [6.07, 6.45) is 0.617. The van der Waals surface area contributed by atoms with Gasteiger partial charge in [-0.05, 0) is 9.85 Å². The van der Waals surface area contributed by atoms with Crippen molar-refractivity contribution in [2.45, 2.75) is 0 Å². The average Bonchev–Trinajstić information content (AvgIpc) is 2.35. The van der Waals surface area contributed by atoms with E-state index < -0.39 is 33.3 Å². The predicted molar refractivity (Wildman–Crippen MR) is 54.7 cm³/mol. The fourth-order valence-corrected chi connectivity index (χ4v) is 0.910. The molecule has 13 nitrogen and oxygen atoms in total. The SMILES string of the molecule is NNC(=O)N(N)c1ncc([N+](=O)[O-])nc1[N+](=O)[O-]. The molecule has 1 aromatic rings. The molecule has 0 bridgehead atoms. The van der Waals surface area contributed by atoms with Gasteiger partial charge >= 0.3 is 17.7 Å². The van der Waals surface area contributed by atoms with Crippen molar-refractivity contribution >= 4 is 23.5 Å². The van der Waals surface area contributed by atoms with E-state index in [4.69, 9.17) is 11.7 Å². The lowest BCUT2D eigenvalue weighted by Gasteiger charge is -2.13. The smallest absolute Gasteiger partial charge is 0.358 e. The van der Waals surface area contributed by atoms with Crippen LogP contribution in [-0.2, 0) is 0 Å². The minimum atomic E-state index is -1.11. The molecule has 0 saturated heterocycles. The van der Waals surface area contributed by atoms with Gasteiger partial charge in [0, 0.05) is 4.98 Å².